The summed E-state index contributed by atoms with van der Waals surface area (Å²) in [5, 5.41) is 3.27. The average Bonchev–Trinajstić information content (AvgIpc) is 3.43. The van der Waals surface area contributed by atoms with Crippen LogP contribution in [-0.4, -0.2) is 64.9 Å². The number of aromatic nitrogens is 3. The van der Waals surface area contributed by atoms with Gasteiger partial charge in [-0.1, -0.05) is 0 Å². The summed E-state index contributed by atoms with van der Waals surface area (Å²) in [6, 6.07) is 8.43. The van der Waals surface area contributed by atoms with E-state index in [0.717, 1.165) is 50.0 Å². The van der Waals surface area contributed by atoms with Crippen LogP contribution in [0.5, 0.6) is 5.75 Å². The first kappa shape index (κ1) is 27.1. The molecule has 1 amide bonds. The molecule has 1 unspecified atom stereocenters. The van der Waals surface area contributed by atoms with E-state index < -0.39 is 11.6 Å². The van der Waals surface area contributed by atoms with Gasteiger partial charge in [0.1, 0.15) is 0 Å². The van der Waals surface area contributed by atoms with Crippen LogP contribution in [0.4, 0.5) is 20.3 Å². The van der Waals surface area contributed by atoms with Gasteiger partial charge in [-0.05, 0) is 68.0 Å². The number of amides is 1. The van der Waals surface area contributed by atoms with Crippen LogP contribution in [0.15, 0.2) is 48.9 Å². The minimum Gasteiger partial charge on any atom is -0.494 e. The topological polar surface area (TPSA) is 90.2 Å². The van der Waals surface area contributed by atoms with Gasteiger partial charge in [0.15, 0.2) is 29.3 Å². The van der Waals surface area contributed by atoms with Crippen molar-refractivity contribution in [1.82, 2.24) is 19.3 Å². The zero-order valence-electron chi connectivity index (χ0n) is 22.7. The maximum absolute atomic E-state index is 14.8. The second-order valence-electron chi connectivity index (χ2n) is 10.1. The molecule has 0 aliphatic carbocycles. The third-order valence-electron chi connectivity index (χ3n) is 7.52. The molecule has 4 heterocycles. The Balaban J connectivity index is 1.14. The average molecular weight is 564 g/mol. The zero-order chi connectivity index (χ0) is 28.3. The van der Waals surface area contributed by atoms with Crippen LogP contribution in [-0.2, 0) is 15.9 Å². The van der Waals surface area contributed by atoms with E-state index in [1.807, 2.05) is 23.1 Å². The molecule has 11 heteroatoms. The Kier molecular flexibility index (Phi) is 7.80. The van der Waals surface area contributed by atoms with Crippen molar-refractivity contribution in [1.29, 1.82) is 0 Å². The molecule has 0 saturated carbocycles. The van der Waals surface area contributed by atoms with E-state index in [-0.39, 0.29) is 23.5 Å². The first-order valence-corrected chi connectivity index (χ1v) is 13.8. The lowest BCUT2D eigenvalue weighted by Gasteiger charge is -2.29. The van der Waals surface area contributed by atoms with Gasteiger partial charge in [-0.25, -0.2) is 14.4 Å². The smallest absolute Gasteiger partial charge is 0.254 e. The van der Waals surface area contributed by atoms with Gasteiger partial charge in [0, 0.05) is 48.9 Å². The van der Waals surface area contributed by atoms with Gasteiger partial charge in [-0.15, -0.1) is 0 Å². The van der Waals surface area contributed by atoms with Gasteiger partial charge in [0.2, 0.25) is 5.82 Å². The molecule has 0 spiro atoms. The molecule has 2 aliphatic rings. The number of nitrogens with zero attached hydrogens (tertiary/aromatic N) is 4. The summed E-state index contributed by atoms with van der Waals surface area (Å²) in [5.41, 5.74) is 3.26. The Morgan fingerprint density at radius 2 is 2.00 bits per heavy atom. The van der Waals surface area contributed by atoms with Gasteiger partial charge in [-0.2, -0.15) is 4.39 Å². The SMILES string of the molecule is COc1ccc(-c2cnc3c(Nc4ccc5c(c4)CCN(CCCOC4CCCCO4)C5=O)nccn23)c(F)c1F. The number of nitrogens with one attached hydrogen (secondary N) is 1. The fraction of sp³-hybridized carbons (Fsp3) is 0.367. The summed E-state index contributed by atoms with van der Waals surface area (Å²) in [7, 11) is 1.28. The summed E-state index contributed by atoms with van der Waals surface area (Å²) in [5.74, 6) is -1.79. The predicted octanol–water partition coefficient (Wildman–Crippen LogP) is 5.36. The predicted molar refractivity (Wildman–Crippen MR) is 148 cm³/mol. The molecule has 4 aromatic rings. The number of rotatable bonds is 9. The van der Waals surface area contributed by atoms with Crippen molar-refractivity contribution in [2.24, 2.45) is 0 Å². The number of benzene rings is 2. The van der Waals surface area contributed by atoms with Crippen LogP contribution in [0.25, 0.3) is 16.9 Å². The number of imidazole rings is 1. The summed E-state index contributed by atoms with van der Waals surface area (Å²) >= 11 is 0. The maximum atomic E-state index is 14.8. The Hall–Kier alpha value is -4.09. The highest BCUT2D eigenvalue weighted by atomic mass is 19.2. The largest absolute Gasteiger partial charge is 0.494 e. The Morgan fingerprint density at radius 1 is 1.12 bits per heavy atom. The molecule has 0 radical (unpaired) electrons. The third kappa shape index (κ3) is 5.47. The number of methoxy groups -OCH3 is 1. The number of anilines is 2. The lowest BCUT2D eigenvalue weighted by atomic mass is 9.98. The standard InChI is InChI=1S/C30H31F2N5O4/c1-39-24-9-8-22(26(31)27(24)32)23-18-34-29-28(33-11-14-37(23)29)35-20-6-7-21-19(17-20)10-13-36(30(21)38)12-4-16-41-25-5-2-3-15-40-25/h6-9,11,14,17-18,25H,2-5,10,12-13,15-16H2,1H3,(H,33,35). The number of fused-ring (bicyclic) bond motifs is 2. The quantitative estimate of drug-likeness (QED) is 0.274. The van der Waals surface area contributed by atoms with Crippen molar-refractivity contribution in [3.05, 3.63) is 71.7 Å². The molecule has 1 saturated heterocycles. The number of hydrogen-bond acceptors (Lipinski definition) is 7. The van der Waals surface area contributed by atoms with Gasteiger partial charge >= 0.3 is 0 Å². The van der Waals surface area contributed by atoms with Crippen LogP contribution >= 0.6 is 0 Å². The van der Waals surface area contributed by atoms with E-state index in [9.17, 15) is 13.6 Å². The van der Waals surface area contributed by atoms with E-state index >= 15 is 0 Å². The number of halogens is 2. The number of hydrogen-bond donors (Lipinski definition) is 1. The third-order valence-corrected chi connectivity index (χ3v) is 7.52. The molecular formula is C30H31F2N5O4. The molecule has 1 atom stereocenters. The van der Waals surface area contributed by atoms with Crippen LogP contribution in [0.3, 0.4) is 0 Å². The summed E-state index contributed by atoms with van der Waals surface area (Å²) in [6.07, 6.45) is 9.18. The highest BCUT2D eigenvalue weighted by molar-refractivity contribution is 5.97. The molecule has 2 aromatic heterocycles. The first-order valence-electron chi connectivity index (χ1n) is 13.8. The Labute approximate surface area is 236 Å². The molecular weight excluding hydrogens is 532 g/mol. The number of ether oxygens (including phenoxy) is 3. The summed E-state index contributed by atoms with van der Waals surface area (Å²) in [4.78, 5) is 23.8. The van der Waals surface area contributed by atoms with Crippen LogP contribution < -0.4 is 10.1 Å². The van der Waals surface area contributed by atoms with E-state index in [1.165, 1.54) is 25.4 Å². The molecule has 41 heavy (non-hydrogen) atoms. The van der Waals surface area contributed by atoms with Crippen LogP contribution in [0, 0.1) is 11.6 Å². The maximum Gasteiger partial charge on any atom is 0.254 e. The first-order chi connectivity index (χ1) is 20.0. The molecule has 9 nitrogen and oxygen atoms in total. The minimum absolute atomic E-state index is 0.0126. The lowest BCUT2D eigenvalue weighted by Crippen LogP contribution is -2.38. The molecule has 0 bridgehead atoms. The van der Waals surface area contributed by atoms with Crippen molar-refractivity contribution in [3.63, 3.8) is 0 Å². The highest BCUT2D eigenvalue weighted by Gasteiger charge is 2.25. The molecule has 1 fully saturated rings. The van der Waals surface area contributed by atoms with E-state index in [4.69, 9.17) is 14.2 Å². The highest BCUT2D eigenvalue weighted by Crippen LogP contribution is 2.32. The fourth-order valence-corrected chi connectivity index (χ4v) is 5.37. The van der Waals surface area contributed by atoms with Crippen molar-refractivity contribution in [3.8, 4) is 17.0 Å². The molecule has 2 aromatic carbocycles. The van der Waals surface area contributed by atoms with Crippen molar-refractivity contribution < 1.29 is 27.8 Å². The molecule has 6 rings (SSSR count). The minimum atomic E-state index is -1.06. The summed E-state index contributed by atoms with van der Waals surface area (Å²) in [6.45, 7) is 2.59. The van der Waals surface area contributed by atoms with Gasteiger partial charge in [0.25, 0.3) is 5.91 Å². The van der Waals surface area contributed by atoms with Gasteiger partial charge in [-0.3, -0.25) is 9.20 Å². The van der Waals surface area contributed by atoms with Crippen molar-refractivity contribution in [2.45, 2.75) is 38.4 Å². The van der Waals surface area contributed by atoms with E-state index in [2.05, 4.69) is 15.3 Å². The second-order valence-corrected chi connectivity index (χ2v) is 10.1. The Morgan fingerprint density at radius 3 is 2.83 bits per heavy atom. The van der Waals surface area contributed by atoms with E-state index in [0.29, 0.717) is 42.4 Å². The molecule has 214 valence electrons. The van der Waals surface area contributed by atoms with Gasteiger partial charge in [0.05, 0.1) is 25.6 Å². The normalized spacial score (nSPS) is 17.1. The van der Waals surface area contributed by atoms with Gasteiger partial charge < -0.3 is 24.4 Å². The molecule has 2 aliphatic heterocycles. The summed E-state index contributed by atoms with van der Waals surface area (Å²) < 4.78 is 47.1. The van der Waals surface area contributed by atoms with Crippen molar-refractivity contribution in [2.75, 3.05) is 38.7 Å². The second kappa shape index (κ2) is 11.8. The lowest BCUT2D eigenvalue weighted by molar-refractivity contribution is -0.162. The fourth-order valence-electron chi connectivity index (χ4n) is 5.37. The monoisotopic (exact) mass is 563 g/mol. The zero-order valence-corrected chi connectivity index (χ0v) is 22.7. The number of carbonyl (C=O) groups excluding carboxylic acids is 1. The van der Waals surface area contributed by atoms with Crippen molar-refractivity contribution >= 4 is 23.1 Å². The molecule has 1 N–H and O–H groups in total. The van der Waals surface area contributed by atoms with E-state index in [1.54, 1.807) is 16.8 Å². The van der Waals surface area contributed by atoms with Crippen LogP contribution in [0.2, 0.25) is 0 Å². The Bertz CT molecular complexity index is 1570. The van der Waals surface area contributed by atoms with Crippen LogP contribution in [0.1, 0.15) is 41.6 Å². The number of carbonyl (C=O) groups is 1.